The number of halogens is 1. The van der Waals surface area contributed by atoms with E-state index in [9.17, 15) is 4.79 Å². The summed E-state index contributed by atoms with van der Waals surface area (Å²) in [5.41, 5.74) is 1.36. The maximum absolute atomic E-state index is 12.3. The van der Waals surface area contributed by atoms with Crippen molar-refractivity contribution in [1.29, 1.82) is 0 Å². The van der Waals surface area contributed by atoms with Gasteiger partial charge in [0.05, 0.1) is 21.3 Å². The number of nitrogens with one attached hydrogen (secondary N) is 1. The van der Waals surface area contributed by atoms with Gasteiger partial charge in [-0.1, -0.05) is 0 Å². The Labute approximate surface area is 154 Å². The summed E-state index contributed by atoms with van der Waals surface area (Å²) in [6.07, 6.45) is 3.06. The normalized spacial score (nSPS) is 10.5. The Bertz CT molecular complexity index is 716. The first-order chi connectivity index (χ1) is 11.6. The van der Waals surface area contributed by atoms with Gasteiger partial charge in [0.15, 0.2) is 17.3 Å². The van der Waals surface area contributed by atoms with Gasteiger partial charge in [-0.25, -0.2) is 0 Å². The van der Waals surface area contributed by atoms with E-state index in [4.69, 9.17) is 14.2 Å². The highest BCUT2D eigenvalue weighted by atomic mass is 127. The molecule has 126 valence electrons. The number of ether oxygens (including phenoxy) is 3. The minimum absolute atomic E-state index is 0.174. The molecule has 2 aromatic carbocycles. The SMILES string of the molecule is COc1cc(C(=O)/C=C/Nc2ccc(I)cc2)cc(OC)c1OC. The topological polar surface area (TPSA) is 56.8 Å². The van der Waals surface area contributed by atoms with Gasteiger partial charge in [0.2, 0.25) is 5.75 Å². The van der Waals surface area contributed by atoms with Crippen molar-refractivity contribution >= 4 is 34.1 Å². The van der Waals surface area contributed by atoms with E-state index < -0.39 is 0 Å². The maximum Gasteiger partial charge on any atom is 0.203 e. The van der Waals surface area contributed by atoms with Gasteiger partial charge < -0.3 is 19.5 Å². The van der Waals surface area contributed by atoms with Gasteiger partial charge in [0.25, 0.3) is 0 Å². The maximum atomic E-state index is 12.3. The quantitative estimate of drug-likeness (QED) is 0.400. The molecule has 6 heteroatoms. The van der Waals surface area contributed by atoms with Gasteiger partial charge in [-0.05, 0) is 59.0 Å². The standard InChI is InChI=1S/C18H18INO4/c1-22-16-10-12(11-17(23-2)18(16)24-3)15(21)8-9-20-14-6-4-13(19)5-7-14/h4-11,20H,1-3H3/b9-8+. The number of benzene rings is 2. The van der Waals surface area contributed by atoms with Crippen LogP contribution in [0.4, 0.5) is 5.69 Å². The summed E-state index contributed by atoms with van der Waals surface area (Å²) >= 11 is 2.24. The Morgan fingerprint density at radius 2 is 1.58 bits per heavy atom. The Morgan fingerprint density at radius 3 is 2.08 bits per heavy atom. The fourth-order valence-electron chi connectivity index (χ4n) is 2.08. The summed E-state index contributed by atoms with van der Waals surface area (Å²) in [5, 5.41) is 3.06. The molecule has 24 heavy (non-hydrogen) atoms. The van der Waals surface area contributed by atoms with Crippen LogP contribution in [0.1, 0.15) is 10.4 Å². The average molecular weight is 439 g/mol. The number of carbonyl (C=O) groups is 1. The smallest absolute Gasteiger partial charge is 0.203 e. The average Bonchev–Trinajstić information content (AvgIpc) is 2.61. The number of methoxy groups -OCH3 is 3. The van der Waals surface area contributed by atoms with Crippen LogP contribution in [0, 0.1) is 3.57 Å². The lowest BCUT2D eigenvalue weighted by atomic mass is 10.1. The van der Waals surface area contributed by atoms with Gasteiger partial charge in [-0.2, -0.15) is 0 Å². The van der Waals surface area contributed by atoms with Crippen molar-refractivity contribution in [3.8, 4) is 17.2 Å². The van der Waals surface area contributed by atoms with E-state index in [1.165, 1.54) is 27.4 Å². The van der Waals surface area contributed by atoms with E-state index in [-0.39, 0.29) is 5.78 Å². The van der Waals surface area contributed by atoms with E-state index in [1.807, 2.05) is 24.3 Å². The first-order valence-electron chi connectivity index (χ1n) is 7.12. The summed E-state index contributed by atoms with van der Waals surface area (Å²) in [6, 6.07) is 11.1. The highest BCUT2D eigenvalue weighted by molar-refractivity contribution is 14.1. The highest BCUT2D eigenvalue weighted by Gasteiger charge is 2.15. The molecule has 0 aliphatic heterocycles. The highest BCUT2D eigenvalue weighted by Crippen LogP contribution is 2.38. The van der Waals surface area contributed by atoms with E-state index in [1.54, 1.807) is 18.3 Å². The zero-order chi connectivity index (χ0) is 17.5. The van der Waals surface area contributed by atoms with Gasteiger partial charge in [-0.3, -0.25) is 4.79 Å². The lowest BCUT2D eigenvalue weighted by Crippen LogP contribution is -2.01. The lowest BCUT2D eigenvalue weighted by Gasteiger charge is -2.13. The molecule has 0 saturated heterocycles. The van der Waals surface area contributed by atoms with Crippen LogP contribution in [-0.4, -0.2) is 27.1 Å². The zero-order valence-electron chi connectivity index (χ0n) is 13.6. The molecular formula is C18H18INO4. The third kappa shape index (κ3) is 4.41. The Balaban J connectivity index is 2.16. The Morgan fingerprint density at radius 1 is 1.00 bits per heavy atom. The number of hydrogen-bond acceptors (Lipinski definition) is 5. The number of carbonyl (C=O) groups excluding carboxylic acids is 1. The summed E-state index contributed by atoms with van der Waals surface area (Å²) in [5.74, 6) is 1.17. The summed E-state index contributed by atoms with van der Waals surface area (Å²) in [4.78, 5) is 12.3. The van der Waals surface area contributed by atoms with E-state index in [2.05, 4.69) is 27.9 Å². The minimum atomic E-state index is -0.174. The second kappa shape index (κ2) is 8.58. The Hall–Kier alpha value is -2.22. The summed E-state index contributed by atoms with van der Waals surface area (Å²) in [6.45, 7) is 0. The molecule has 0 bridgehead atoms. The second-order valence-electron chi connectivity index (χ2n) is 4.76. The number of anilines is 1. The molecule has 0 atom stereocenters. The summed E-state index contributed by atoms with van der Waals surface area (Å²) < 4.78 is 16.9. The van der Waals surface area contributed by atoms with E-state index in [0.717, 1.165) is 9.26 Å². The van der Waals surface area contributed by atoms with Crippen molar-refractivity contribution in [2.45, 2.75) is 0 Å². The molecule has 0 aliphatic carbocycles. The number of hydrogen-bond donors (Lipinski definition) is 1. The van der Waals surface area contributed by atoms with Crippen LogP contribution in [0.3, 0.4) is 0 Å². The van der Waals surface area contributed by atoms with Crippen molar-refractivity contribution in [1.82, 2.24) is 0 Å². The van der Waals surface area contributed by atoms with Crippen LogP contribution < -0.4 is 19.5 Å². The van der Waals surface area contributed by atoms with Gasteiger partial charge in [-0.15, -0.1) is 0 Å². The summed E-state index contributed by atoms with van der Waals surface area (Å²) in [7, 11) is 4.55. The first-order valence-corrected chi connectivity index (χ1v) is 8.20. The molecule has 5 nitrogen and oxygen atoms in total. The van der Waals surface area contributed by atoms with Crippen molar-refractivity contribution in [3.05, 3.63) is 57.8 Å². The largest absolute Gasteiger partial charge is 0.493 e. The monoisotopic (exact) mass is 439 g/mol. The molecule has 0 unspecified atom stereocenters. The first kappa shape index (κ1) is 18.1. The zero-order valence-corrected chi connectivity index (χ0v) is 15.8. The van der Waals surface area contributed by atoms with Crippen LogP contribution >= 0.6 is 22.6 Å². The predicted octanol–water partition coefficient (Wildman–Crippen LogP) is 4.13. The van der Waals surface area contributed by atoms with Crippen molar-refractivity contribution in [2.75, 3.05) is 26.6 Å². The predicted molar refractivity (Wildman–Crippen MR) is 102 cm³/mol. The molecule has 0 fully saturated rings. The molecule has 2 aromatic rings. The van der Waals surface area contributed by atoms with Gasteiger partial charge in [0, 0.05) is 27.1 Å². The van der Waals surface area contributed by atoms with Crippen LogP contribution in [0.2, 0.25) is 0 Å². The fraction of sp³-hybridized carbons (Fsp3) is 0.167. The molecular weight excluding hydrogens is 421 g/mol. The number of allylic oxidation sites excluding steroid dienone is 1. The molecule has 0 spiro atoms. The third-order valence-corrected chi connectivity index (χ3v) is 4.00. The van der Waals surface area contributed by atoms with Gasteiger partial charge >= 0.3 is 0 Å². The molecule has 1 N–H and O–H groups in total. The number of rotatable bonds is 7. The lowest BCUT2D eigenvalue weighted by molar-refractivity contribution is 0.104. The number of ketones is 1. The van der Waals surface area contributed by atoms with Crippen molar-refractivity contribution in [2.24, 2.45) is 0 Å². The van der Waals surface area contributed by atoms with Crippen LogP contribution in [-0.2, 0) is 0 Å². The van der Waals surface area contributed by atoms with Gasteiger partial charge in [0.1, 0.15) is 0 Å². The molecule has 0 heterocycles. The molecule has 0 radical (unpaired) electrons. The van der Waals surface area contributed by atoms with Crippen LogP contribution in [0.5, 0.6) is 17.2 Å². The second-order valence-corrected chi connectivity index (χ2v) is 6.01. The van der Waals surface area contributed by atoms with Crippen LogP contribution in [0.25, 0.3) is 0 Å². The van der Waals surface area contributed by atoms with Crippen LogP contribution in [0.15, 0.2) is 48.7 Å². The molecule has 0 aliphatic rings. The molecule has 0 amide bonds. The molecule has 2 rings (SSSR count). The minimum Gasteiger partial charge on any atom is -0.493 e. The van der Waals surface area contributed by atoms with E-state index in [0.29, 0.717) is 22.8 Å². The molecule has 0 saturated carbocycles. The van der Waals surface area contributed by atoms with E-state index >= 15 is 0 Å². The van der Waals surface area contributed by atoms with Crippen molar-refractivity contribution in [3.63, 3.8) is 0 Å². The fourth-order valence-corrected chi connectivity index (χ4v) is 2.44. The van der Waals surface area contributed by atoms with Crippen molar-refractivity contribution < 1.29 is 19.0 Å². The Kier molecular flexibility index (Phi) is 6.48. The molecule has 0 aromatic heterocycles. The third-order valence-electron chi connectivity index (χ3n) is 3.28.